The Morgan fingerprint density at radius 2 is 1.52 bits per heavy atom. The molecule has 1 fully saturated rings. The van der Waals surface area contributed by atoms with Crippen molar-refractivity contribution >= 4 is 29.8 Å². The van der Waals surface area contributed by atoms with Crippen molar-refractivity contribution in [3.05, 3.63) is 128 Å². The summed E-state index contributed by atoms with van der Waals surface area (Å²) in [6.07, 6.45) is -1.15. The molecule has 1 N–H and O–H groups in total. The molecule has 1 saturated heterocycles. The Morgan fingerprint density at radius 1 is 0.977 bits per heavy atom. The van der Waals surface area contributed by atoms with Gasteiger partial charge in [0, 0.05) is 18.2 Å². The van der Waals surface area contributed by atoms with Gasteiger partial charge in [0.1, 0.15) is 29.4 Å². The number of ether oxygens (including phenoxy) is 4. The van der Waals surface area contributed by atoms with E-state index in [-0.39, 0.29) is 13.0 Å². The fourth-order valence-electron chi connectivity index (χ4n) is 5.38. The number of aromatic amines is 1. The van der Waals surface area contributed by atoms with Crippen molar-refractivity contribution in [1.29, 1.82) is 0 Å². The van der Waals surface area contributed by atoms with Gasteiger partial charge in [-0.25, -0.2) is 4.79 Å². The molecule has 1 unspecified atom stereocenters. The summed E-state index contributed by atoms with van der Waals surface area (Å²) in [6, 6.07) is 24.7. The van der Waals surface area contributed by atoms with Crippen molar-refractivity contribution in [3.8, 4) is 11.5 Å². The summed E-state index contributed by atoms with van der Waals surface area (Å²) in [5.74, 6) is -2.59. The number of halogens is 1. The van der Waals surface area contributed by atoms with E-state index in [0.29, 0.717) is 17.1 Å². The lowest BCUT2D eigenvalue weighted by molar-refractivity contribution is -0.0910. The zero-order chi connectivity index (χ0) is 31.5. The average Bonchev–Trinajstić information content (AvgIpc) is 3.41. The number of rotatable bonds is 11. The van der Waals surface area contributed by atoms with Crippen LogP contribution in [0, 0.1) is 6.92 Å². The number of hydrogen-bond acceptors (Lipinski definition) is 8. The molecule has 0 bridgehead atoms. The van der Waals surface area contributed by atoms with Gasteiger partial charge in [0.2, 0.25) is 0 Å². The van der Waals surface area contributed by atoms with Crippen molar-refractivity contribution in [2.75, 3.05) is 20.8 Å². The van der Waals surface area contributed by atoms with Gasteiger partial charge in [0.05, 0.1) is 26.9 Å². The molecule has 9 nitrogen and oxygen atoms in total. The summed E-state index contributed by atoms with van der Waals surface area (Å²) in [5.41, 5.74) is 0.383. The van der Waals surface area contributed by atoms with E-state index in [2.05, 4.69) is 17.2 Å². The van der Waals surface area contributed by atoms with Crippen LogP contribution in [-0.4, -0.2) is 42.6 Å². The van der Waals surface area contributed by atoms with Crippen LogP contribution in [0.3, 0.4) is 0 Å². The first-order chi connectivity index (χ1) is 21.0. The molecule has 0 spiro atoms. The quantitative estimate of drug-likeness (QED) is 0.121. The summed E-state index contributed by atoms with van der Waals surface area (Å²) < 4.78 is 45.6. The SMILES string of the molecule is COc1ccc(C(OC[C@H]2O[C@@H](n3cc(C)c(=O)[nH]c3=O)C[C@@H]2OP(F)(=S)S)(c2ccccc2)c2ccc(OC)cc2)cc1. The molecule has 0 amide bonds. The van der Waals surface area contributed by atoms with Crippen molar-refractivity contribution in [2.24, 2.45) is 0 Å². The monoisotopic (exact) mass is 658 g/mol. The first-order valence-corrected chi connectivity index (χ1v) is 17.5. The van der Waals surface area contributed by atoms with Gasteiger partial charge in [-0.15, -0.1) is 0 Å². The van der Waals surface area contributed by atoms with Crippen LogP contribution in [0.15, 0.2) is 94.6 Å². The lowest BCUT2D eigenvalue weighted by atomic mass is 9.80. The maximum atomic E-state index is 14.7. The summed E-state index contributed by atoms with van der Waals surface area (Å²) in [7, 11) is 3.19. The summed E-state index contributed by atoms with van der Waals surface area (Å²) in [6.45, 7) is 1.49. The van der Waals surface area contributed by atoms with Crippen LogP contribution in [0.5, 0.6) is 11.5 Å². The first-order valence-electron chi connectivity index (χ1n) is 13.7. The standard InChI is InChI=1S/C31H32FN2O7PS2/c1-20-18-34(30(36)33-29(20)35)28-17-26(41-42(32,43)44)27(40-28)19-39-31(21-7-5-4-6-8-21,22-9-13-24(37-2)14-10-22)23-11-15-25(38-3)16-12-23/h4-16,18,26-28H,17,19H2,1-3H3,(H,43,44)(H,33,35,36)/t26-,27+,28+/m0/s1. The largest absolute Gasteiger partial charge is 0.497 e. The van der Waals surface area contributed by atoms with Crippen molar-refractivity contribution in [1.82, 2.24) is 9.55 Å². The predicted octanol–water partition coefficient (Wildman–Crippen LogP) is 5.67. The van der Waals surface area contributed by atoms with Crippen molar-refractivity contribution < 1.29 is 27.7 Å². The number of methoxy groups -OCH3 is 2. The van der Waals surface area contributed by atoms with E-state index >= 15 is 0 Å². The molecule has 44 heavy (non-hydrogen) atoms. The van der Waals surface area contributed by atoms with Crippen LogP contribution in [0.1, 0.15) is 34.9 Å². The lowest BCUT2D eigenvalue weighted by Crippen LogP contribution is -2.38. The van der Waals surface area contributed by atoms with Crippen LogP contribution in [-0.2, 0) is 31.4 Å². The summed E-state index contributed by atoms with van der Waals surface area (Å²) in [4.78, 5) is 26.9. The molecule has 0 saturated carbocycles. The van der Waals surface area contributed by atoms with E-state index in [1.165, 1.54) is 10.8 Å². The van der Waals surface area contributed by atoms with E-state index in [9.17, 15) is 13.8 Å². The molecule has 1 aliphatic heterocycles. The van der Waals surface area contributed by atoms with Crippen LogP contribution in [0.4, 0.5) is 4.20 Å². The third kappa shape index (κ3) is 6.86. The Kier molecular flexibility index (Phi) is 9.79. The minimum absolute atomic E-state index is 0.0751. The number of H-pyrrole nitrogens is 1. The molecule has 4 aromatic rings. The van der Waals surface area contributed by atoms with E-state index < -0.39 is 41.1 Å². The highest BCUT2D eigenvalue weighted by molar-refractivity contribution is 8.59. The fourth-order valence-corrected chi connectivity index (χ4v) is 6.63. The zero-order valence-corrected chi connectivity index (χ0v) is 26.8. The third-order valence-corrected chi connectivity index (χ3v) is 8.61. The predicted molar refractivity (Wildman–Crippen MR) is 172 cm³/mol. The molecular weight excluding hydrogens is 626 g/mol. The molecule has 4 atom stereocenters. The van der Waals surface area contributed by atoms with E-state index in [1.807, 2.05) is 78.9 Å². The molecule has 232 valence electrons. The van der Waals surface area contributed by atoms with Crippen LogP contribution >= 0.6 is 18.0 Å². The van der Waals surface area contributed by atoms with E-state index in [4.69, 9.17) is 35.3 Å². The third-order valence-electron chi connectivity index (χ3n) is 7.54. The molecule has 5 rings (SSSR count). The number of nitrogens with zero attached hydrogens (tertiary/aromatic N) is 1. The highest BCUT2D eigenvalue weighted by atomic mass is 32.9. The molecule has 2 heterocycles. The Labute approximate surface area is 264 Å². The zero-order valence-electron chi connectivity index (χ0n) is 24.2. The van der Waals surface area contributed by atoms with Gasteiger partial charge >= 0.3 is 5.69 Å². The van der Waals surface area contributed by atoms with Gasteiger partial charge in [0.15, 0.2) is 0 Å². The second-order valence-corrected chi connectivity index (χ2v) is 15.1. The maximum Gasteiger partial charge on any atom is 0.330 e. The van der Waals surface area contributed by atoms with Gasteiger partial charge < -0.3 is 23.5 Å². The van der Waals surface area contributed by atoms with Gasteiger partial charge in [-0.05, 0) is 59.7 Å². The number of nitrogens with one attached hydrogen (secondary N) is 1. The van der Waals surface area contributed by atoms with E-state index in [0.717, 1.165) is 16.7 Å². The van der Waals surface area contributed by atoms with E-state index in [1.54, 1.807) is 21.1 Å². The summed E-state index contributed by atoms with van der Waals surface area (Å²) >= 11 is 8.75. The molecule has 13 heteroatoms. The van der Waals surface area contributed by atoms with Gasteiger partial charge in [0.25, 0.3) is 11.3 Å². The smallest absolute Gasteiger partial charge is 0.330 e. The highest BCUT2D eigenvalue weighted by Gasteiger charge is 2.44. The Balaban J connectivity index is 1.59. The molecule has 3 aromatic carbocycles. The minimum Gasteiger partial charge on any atom is -0.497 e. The van der Waals surface area contributed by atoms with Crippen molar-refractivity contribution in [2.45, 2.75) is 37.4 Å². The number of hydrogen-bond donors (Lipinski definition) is 2. The Hall–Kier alpha value is -3.25. The Bertz CT molecular complexity index is 1700. The molecular formula is C31H32FN2O7PS2. The van der Waals surface area contributed by atoms with Gasteiger partial charge in [-0.3, -0.25) is 14.3 Å². The second-order valence-electron chi connectivity index (χ2n) is 10.3. The maximum absolute atomic E-state index is 14.7. The lowest BCUT2D eigenvalue weighted by Gasteiger charge is -2.37. The molecule has 1 aliphatic rings. The highest BCUT2D eigenvalue weighted by Crippen LogP contribution is 2.57. The Morgan fingerprint density at radius 3 is 2.05 bits per heavy atom. The first kappa shape index (κ1) is 32.2. The normalized spacial score (nSPS) is 19.8. The minimum atomic E-state index is -3.94. The number of benzene rings is 3. The molecule has 1 aromatic heterocycles. The number of thiol groups is 1. The number of aromatic nitrogens is 2. The van der Waals surface area contributed by atoms with Crippen molar-refractivity contribution in [3.63, 3.8) is 0 Å². The fraction of sp³-hybridized carbons (Fsp3) is 0.290. The second kappa shape index (κ2) is 13.4. The van der Waals surface area contributed by atoms with Gasteiger partial charge in [-0.1, -0.05) is 66.8 Å². The average molecular weight is 659 g/mol. The van der Waals surface area contributed by atoms with Gasteiger partial charge in [-0.2, -0.15) is 4.20 Å². The summed E-state index contributed by atoms with van der Waals surface area (Å²) in [5, 5.41) is 0. The topological polar surface area (TPSA) is 101 Å². The molecule has 0 radical (unpaired) electrons. The number of aryl methyl sites for hydroxylation is 1. The van der Waals surface area contributed by atoms with Crippen LogP contribution in [0.25, 0.3) is 0 Å². The molecule has 0 aliphatic carbocycles. The van der Waals surface area contributed by atoms with Crippen LogP contribution < -0.4 is 20.7 Å². The van der Waals surface area contributed by atoms with Crippen LogP contribution in [0.2, 0.25) is 0 Å².